The predicted molar refractivity (Wildman–Crippen MR) is 56.2 cm³/mol. The number of hydrogen-bond donors (Lipinski definition) is 1. The molecule has 0 spiro atoms. The van der Waals surface area contributed by atoms with E-state index in [-0.39, 0.29) is 6.10 Å². The van der Waals surface area contributed by atoms with Gasteiger partial charge in [-0.15, -0.1) is 0 Å². The Morgan fingerprint density at radius 3 is 3.00 bits per heavy atom. The molecule has 4 heteroatoms. The SMILES string of the molecule is Cc1cccc(C2CN(C)NC(=O)O2)c1. The first kappa shape index (κ1) is 9.98. The van der Waals surface area contributed by atoms with Crippen molar-refractivity contribution in [2.24, 2.45) is 0 Å². The minimum Gasteiger partial charge on any atom is -0.439 e. The molecule has 0 aliphatic carbocycles. The highest BCUT2D eigenvalue weighted by atomic mass is 16.6. The Morgan fingerprint density at radius 1 is 1.53 bits per heavy atom. The van der Waals surface area contributed by atoms with Gasteiger partial charge in [-0.05, 0) is 12.5 Å². The highest BCUT2D eigenvalue weighted by molar-refractivity contribution is 5.67. The van der Waals surface area contributed by atoms with Crippen molar-refractivity contribution in [2.75, 3.05) is 13.6 Å². The zero-order valence-electron chi connectivity index (χ0n) is 8.86. The monoisotopic (exact) mass is 206 g/mol. The molecular formula is C11H14N2O2. The van der Waals surface area contributed by atoms with Crippen LogP contribution in [0, 0.1) is 6.92 Å². The van der Waals surface area contributed by atoms with Gasteiger partial charge >= 0.3 is 6.09 Å². The lowest BCUT2D eigenvalue weighted by molar-refractivity contribution is 0.0129. The lowest BCUT2D eigenvalue weighted by atomic mass is 10.1. The molecule has 1 amide bonds. The van der Waals surface area contributed by atoms with Crippen LogP contribution in [0.3, 0.4) is 0 Å². The third kappa shape index (κ3) is 2.27. The number of cyclic esters (lactones) is 1. The van der Waals surface area contributed by atoms with Crippen molar-refractivity contribution in [3.8, 4) is 0 Å². The van der Waals surface area contributed by atoms with Crippen molar-refractivity contribution in [1.29, 1.82) is 0 Å². The molecule has 1 unspecified atom stereocenters. The Bertz CT molecular complexity index is 379. The second-order valence-electron chi connectivity index (χ2n) is 3.80. The van der Waals surface area contributed by atoms with Gasteiger partial charge in [-0.25, -0.2) is 9.80 Å². The standard InChI is InChI=1S/C11H14N2O2/c1-8-4-3-5-9(6-8)10-7-13(2)12-11(14)15-10/h3-6,10H,7H2,1-2H3,(H,12,14). The molecule has 1 saturated heterocycles. The molecule has 1 heterocycles. The molecule has 4 nitrogen and oxygen atoms in total. The summed E-state index contributed by atoms with van der Waals surface area (Å²) in [4.78, 5) is 11.2. The van der Waals surface area contributed by atoms with Gasteiger partial charge in [0.15, 0.2) is 0 Å². The van der Waals surface area contributed by atoms with E-state index in [0.29, 0.717) is 6.54 Å². The molecule has 0 aromatic heterocycles. The van der Waals surface area contributed by atoms with E-state index in [2.05, 4.69) is 5.43 Å². The summed E-state index contributed by atoms with van der Waals surface area (Å²) in [5.74, 6) is 0. The number of nitrogens with one attached hydrogen (secondary N) is 1. The second kappa shape index (κ2) is 3.90. The summed E-state index contributed by atoms with van der Waals surface area (Å²) in [6, 6.07) is 8.01. The number of carbonyl (C=O) groups is 1. The Hall–Kier alpha value is -1.55. The summed E-state index contributed by atoms with van der Waals surface area (Å²) in [7, 11) is 1.82. The van der Waals surface area contributed by atoms with Crippen molar-refractivity contribution in [3.05, 3.63) is 35.4 Å². The quantitative estimate of drug-likeness (QED) is 0.759. The highest BCUT2D eigenvalue weighted by Crippen LogP contribution is 2.21. The molecule has 1 aliphatic heterocycles. The van der Waals surface area contributed by atoms with Crippen molar-refractivity contribution in [1.82, 2.24) is 10.4 Å². The van der Waals surface area contributed by atoms with E-state index in [1.165, 1.54) is 5.56 Å². The molecule has 1 atom stereocenters. The molecule has 1 aromatic carbocycles. The van der Waals surface area contributed by atoms with Crippen LogP contribution in [-0.2, 0) is 4.74 Å². The smallest absolute Gasteiger partial charge is 0.422 e. The van der Waals surface area contributed by atoms with Crippen LogP contribution in [0.2, 0.25) is 0 Å². The number of rotatable bonds is 1. The van der Waals surface area contributed by atoms with E-state index >= 15 is 0 Å². The summed E-state index contributed by atoms with van der Waals surface area (Å²) in [6.07, 6.45) is -0.570. The average Bonchev–Trinajstić information content (AvgIpc) is 2.16. The molecule has 0 saturated carbocycles. The normalized spacial score (nSPS) is 22.0. The van der Waals surface area contributed by atoms with Crippen LogP contribution in [0.15, 0.2) is 24.3 Å². The van der Waals surface area contributed by atoms with Crippen LogP contribution >= 0.6 is 0 Å². The van der Waals surface area contributed by atoms with Crippen LogP contribution in [0.25, 0.3) is 0 Å². The largest absolute Gasteiger partial charge is 0.439 e. The van der Waals surface area contributed by atoms with Gasteiger partial charge in [0.2, 0.25) is 0 Å². The van der Waals surface area contributed by atoms with E-state index in [1.807, 2.05) is 38.2 Å². The topological polar surface area (TPSA) is 41.6 Å². The van der Waals surface area contributed by atoms with E-state index in [4.69, 9.17) is 4.74 Å². The Kier molecular flexibility index (Phi) is 2.60. The van der Waals surface area contributed by atoms with E-state index in [9.17, 15) is 4.79 Å². The van der Waals surface area contributed by atoms with Gasteiger partial charge in [-0.1, -0.05) is 29.8 Å². The zero-order valence-corrected chi connectivity index (χ0v) is 8.86. The Labute approximate surface area is 88.8 Å². The molecular weight excluding hydrogens is 192 g/mol. The lowest BCUT2D eigenvalue weighted by Gasteiger charge is -2.30. The van der Waals surface area contributed by atoms with E-state index < -0.39 is 6.09 Å². The van der Waals surface area contributed by atoms with Crippen molar-refractivity contribution < 1.29 is 9.53 Å². The molecule has 1 aliphatic rings. The lowest BCUT2D eigenvalue weighted by Crippen LogP contribution is -2.48. The fourth-order valence-electron chi connectivity index (χ4n) is 1.69. The first-order valence-electron chi connectivity index (χ1n) is 4.90. The Balaban J connectivity index is 2.19. The number of aryl methyl sites for hydroxylation is 1. The van der Waals surface area contributed by atoms with Crippen molar-refractivity contribution >= 4 is 6.09 Å². The number of benzene rings is 1. The number of amides is 1. The van der Waals surface area contributed by atoms with Crippen LogP contribution in [0.5, 0.6) is 0 Å². The summed E-state index contributed by atoms with van der Waals surface area (Å²) >= 11 is 0. The highest BCUT2D eigenvalue weighted by Gasteiger charge is 2.24. The molecule has 15 heavy (non-hydrogen) atoms. The number of hydrogen-bond acceptors (Lipinski definition) is 3. The molecule has 1 aromatic rings. The molecule has 0 radical (unpaired) electrons. The van der Waals surface area contributed by atoms with Gasteiger partial charge < -0.3 is 4.74 Å². The summed E-state index contributed by atoms with van der Waals surface area (Å²) < 4.78 is 5.21. The fraction of sp³-hybridized carbons (Fsp3) is 0.364. The minimum absolute atomic E-state index is 0.177. The number of likely N-dealkylation sites (N-methyl/N-ethyl adjacent to an activating group) is 1. The minimum atomic E-state index is -0.393. The van der Waals surface area contributed by atoms with Gasteiger partial charge in [-0.2, -0.15) is 0 Å². The first-order valence-corrected chi connectivity index (χ1v) is 4.90. The average molecular weight is 206 g/mol. The maximum absolute atomic E-state index is 11.2. The maximum Gasteiger partial charge on any atom is 0.422 e. The van der Waals surface area contributed by atoms with Gasteiger partial charge in [0.25, 0.3) is 0 Å². The number of nitrogens with zero attached hydrogens (tertiary/aromatic N) is 1. The van der Waals surface area contributed by atoms with Crippen LogP contribution in [-0.4, -0.2) is 24.7 Å². The van der Waals surface area contributed by atoms with Crippen LogP contribution < -0.4 is 5.43 Å². The third-order valence-corrected chi connectivity index (χ3v) is 2.39. The fourth-order valence-corrected chi connectivity index (χ4v) is 1.69. The molecule has 1 fully saturated rings. The van der Waals surface area contributed by atoms with Gasteiger partial charge in [0.1, 0.15) is 6.10 Å². The number of hydrazine groups is 1. The number of ether oxygens (including phenoxy) is 1. The zero-order chi connectivity index (χ0) is 10.8. The molecule has 2 rings (SSSR count). The number of carbonyl (C=O) groups excluding carboxylic acids is 1. The molecule has 80 valence electrons. The van der Waals surface area contributed by atoms with E-state index in [0.717, 1.165) is 5.56 Å². The Morgan fingerprint density at radius 2 is 2.33 bits per heavy atom. The van der Waals surface area contributed by atoms with Crippen molar-refractivity contribution in [3.63, 3.8) is 0 Å². The van der Waals surface area contributed by atoms with Crippen molar-refractivity contribution in [2.45, 2.75) is 13.0 Å². The first-order chi connectivity index (χ1) is 7.15. The second-order valence-corrected chi connectivity index (χ2v) is 3.80. The molecule has 0 bridgehead atoms. The van der Waals surface area contributed by atoms with Crippen LogP contribution in [0.4, 0.5) is 4.79 Å². The summed E-state index contributed by atoms with van der Waals surface area (Å²) in [6.45, 7) is 2.69. The summed E-state index contributed by atoms with van der Waals surface area (Å²) in [5.41, 5.74) is 4.78. The third-order valence-electron chi connectivity index (χ3n) is 2.39. The van der Waals surface area contributed by atoms with Crippen LogP contribution in [0.1, 0.15) is 17.2 Å². The van der Waals surface area contributed by atoms with Gasteiger partial charge in [0, 0.05) is 7.05 Å². The maximum atomic E-state index is 11.2. The van der Waals surface area contributed by atoms with Gasteiger partial charge in [0.05, 0.1) is 6.54 Å². The predicted octanol–water partition coefficient (Wildman–Crippen LogP) is 1.62. The van der Waals surface area contributed by atoms with E-state index in [1.54, 1.807) is 5.01 Å². The van der Waals surface area contributed by atoms with Gasteiger partial charge in [-0.3, -0.25) is 5.43 Å². The summed E-state index contributed by atoms with van der Waals surface area (Å²) in [5, 5.41) is 1.73. The molecule has 1 N–H and O–H groups in total.